The van der Waals surface area contributed by atoms with Crippen molar-refractivity contribution in [3.8, 4) is 0 Å². The lowest BCUT2D eigenvalue weighted by Crippen LogP contribution is -1.95. The maximum atomic E-state index is 5.56. The third-order valence-electron chi connectivity index (χ3n) is 1.98. The summed E-state index contributed by atoms with van der Waals surface area (Å²) in [6.45, 7) is 2.61. The van der Waals surface area contributed by atoms with E-state index in [0.717, 1.165) is 11.1 Å². The van der Waals surface area contributed by atoms with E-state index in [1.165, 1.54) is 5.56 Å². The fraction of sp³-hybridized carbons (Fsp3) is 0.222. The quantitative estimate of drug-likeness (QED) is 0.680. The molecule has 0 atom stereocenters. The van der Waals surface area contributed by atoms with E-state index in [1.54, 1.807) is 0 Å². The van der Waals surface area contributed by atoms with Crippen LogP contribution in [0, 0.1) is 6.92 Å². The second-order valence-corrected chi connectivity index (χ2v) is 2.91. The second-order valence-electron chi connectivity index (χ2n) is 2.91. The van der Waals surface area contributed by atoms with Crippen molar-refractivity contribution in [2.45, 2.75) is 13.5 Å². The van der Waals surface area contributed by atoms with Gasteiger partial charge >= 0.3 is 0 Å². The van der Waals surface area contributed by atoms with Gasteiger partial charge in [-0.1, -0.05) is 0 Å². The Hall–Kier alpha value is -1.35. The van der Waals surface area contributed by atoms with Crippen LogP contribution in [0.4, 0.5) is 0 Å². The van der Waals surface area contributed by atoms with Crippen LogP contribution in [0.5, 0.6) is 0 Å². The summed E-state index contributed by atoms with van der Waals surface area (Å²) in [5.74, 6) is 0. The van der Waals surface area contributed by atoms with Crippen molar-refractivity contribution in [2.75, 3.05) is 0 Å². The fourth-order valence-electron chi connectivity index (χ4n) is 1.29. The average molecular weight is 161 g/mol. The van der Waals surface area contributed by atoms with E-state index in [1.807, 2.05) is 23.0 Å². The molecule has 2 aromatic rings. The number of rotatable bonds is 1. The Morgan fingerprint density at radius 3 is 3.17 bits per heavy atom. The van der Waals surface area contributed by atoms with Crippen molar-refractivity contribution in [2.24, 2.45) is 5.73 Å². The van der Waals surface area contributed by atoms with Gasteiger partial charge in [0.05, 0.1) is 11.7 Å². The number of hydrogen-bond donors (Lipinski definition) is 1. The number of nitrogens with zero attached hydrogens (tertiary/aromatic N) is 2. The van der Waals surface area contributed by atoms with Crippen molar-refractivity contribution in [3.05, 3.63) is 35.7 Å². The molecular formula is C9H11N3. The lowest BCUT2D eigenvalue weighted by Gasteiger charge is -1.96. The van der Waals surface area contributed by atoms with E-state index in [2.05, 4.69) is 18.1 Å². The van der Waals surface area contributed by atoms with Crippen molar-refractivity contribution in [1.29, 1.82) is 0 Å². The Labute approximate surface area is 70.8 Å². The Morgan fingerprint density at radius 2 is 2.42 bits per heavy atom. The molecule has 0 aliphatic heterocycles. The molecule has 0 saturated carbocycles. The Balaban J connectivity index is 2.75. The Kier molecular flexibility index (Phi) is 1.59. The molecule has 12 heavy (non-hydrogen) atoms. The molecule has 0 unspecified atom stereocenters. The van der Waals surface area contributed by atoms with Crippen LogP contribution >= 0.6 is 0 Å². The average Bonchev–Trinajstić information content (AvgIpc) is 2.46. The fourth-order valence-corrected chi connectivity index (χ4v) is 1.29. The van der Waals surface area contributed by atoms with Crippen LogP contribution in [0.25, 0.3) is 5.52 Å². The number of aromatic nitrogens is 2. The van der Waals surface area contributed by atoms with Gasteiger partial charge in [0.25, 0.3) is 0 Å². The van der Waals surface area contributed by atoms with Gasteiger partial charge < -0.3 is 5.73 Å². The van der Waals surface area contributed by atoms with Crippen LogP contribution in [0.2, 0.25) is 0 Å². The molecule has 2 N–H and O–H groups in total. The third kappa shape index (κ3) is 0.987. The highest BCUT2D eigenvalue weighted by atomic mass is 15.2. The van der Waals surface area contributed by atoms with E-state index >= 15 is 0 Å². The van der Waals surface area contributed by atoms with Gasteiger partial charge in [-0.25, -0.2) is 4.52 Å². The van der Waals surface area contributed by atoms with E-state index in [4.69, 9.17) is 5.73 Å². The molecule has 3 heteroatoms. The molecule has 0 fully saturated rings. The van der Waals surface area contributed by atoms with Crippen molar-refractivity contribution in [1.82, 2.24) is 9.61 Å². The number of hydrogen-bond acceptors (Lipinski definition) is 2. The van der Waals surface area contributed by atoms with E-state index in [-0.39, 0.29) is 0 Å². The van der Waals surface area contributed by atoms with Crippen molar-refractivity contribution >= 4 is 5.52 Å². The first kappa shape index (κ1) is 7.31. The first-order valence-electron chi connectivity index (χ1n) is 3.94. The Bertz CT molecular complexity index is 403. The van der Waals surface area contributed by atoms with E-state index in [9.17, 15) is 0 Å². The van der Waals surface area contributed by atoms with Gasteiger partial charge in [-0.05, 0) is 24.6 Å². The molecule has 62 valence electrons. The molecule has 2 aromatic heterocycles. The zero-order valence-electron chi connectivity index (χ0n) is 6.99. The highest BCUT2D eigenvalue weighted by Crippen LogP contribution is 2.10. The summed E-state index contributed by atoms with van der Waals surface area (Å²) < 4.78 is 1.84. The molecule has 2 rings (SSSR count). The van der Waals surface area contributed by atoms with Crippen LogP contribution < -0.4 is 5.73 Å². The summed E-state index contributed by atoms with van der Waals surface area (Å²) >= 11 is 0. The lowest BCUT2D eigenvalue weighted by molar-refractivity contribution is 0.958. The predicted octanol–water partition coefficient (Wildman–Crippen LogP) is 1.10. The summed E-state index contributed by atoms with van der Waals surface area (Å²) in [5, 5.41) is 4.17. The molecule has 0 saturated heterocycles. The topological polar surface area (TPSA) is 43.3 Å². The summed E-state index contributed by atoms with van der Waals surface area (Å²) in [4.78, 5) is 0. The van der Waals surface area contributed by atoms with Crippen LogP contribution in [0.1, 0.15) is 11.1 Å². The van der Waals surface area contributed by atoms with Gasteiger partial charge in [-0.15, -0.1) is 0 Å². The predicted molar refractivity (Wildman–Crippen MR) is 47.8 cm³/mol. The van der Waals surface area contributed by atoms with Gasteiger partial charge in [-0.2, -0.15) is 5.10 Å². The van der Waals surface area contributed by atoms with Crippen LogP contribution in [-0.4, -0.2) is 9.61 Å². The minimum absolute atomic E-state index is 0.549. The monoisotopic (exact) mass is 161 g/mol. The molecule has 0 aliphatic carbocycles. The van der Waals surface area contributed by atoms with E-state index < -0.39 is 0 Å². The summed E-state index contributed by atoms with van der Waals surface area (Å²) in [6.07, 6.45) is 3.76. The highest BCUT2D eigenvalue weighted by molar-refractivity contribution is 5.54. The second kappa shape index (κ2) is 2.60. The first-order valence-corrected chi connectivity index (χ1v) is 3.94. The first-order chi connectivity index (χ1) is 5.81. The molecule has 0 radical (unpaired) electrons. The Morgan fingerprint density at radius 1 is 1.58 bits per heavy atom. The summed E-state index contributed by atoms with van der Waals surface area (Å²) in [5.41, 5.74) is 9.00. The van der Waals surface area contributed by atoms with Gasteiger partial charge in [-0.3, -0.25) is 0 Å². The SMILES string of the molecule is Cc1ccn2ncc(CN)c2c1. The molecule has 2 heterocycles. The summed E-state index contributed by atoms with van der Waals surface area (Å²) in [6, 6.07) is 4.12. The van der Waals surface area contributed by atoms with Gasteiger partial charge in [0.15, 0.2) is 0 Å². The van der Waals surface area contributed by atoms with Gasteiger partial charge in [0, 0.05) is 18.3 Å². The third-order valence-corrected chi connectivity index (χ3v) is 1.98. The molecule has 0 aliphatic rings. The number of fused-ring (bicyclic) bond motifs is 1. The molecule has 0 amide bonds. The largest absolute Gasteiger partial charge is 0.326 e. The number of aryl methyl sites for hydroxylation is 1. The van der Waals surface area contributed by atoms with Crippen LogP contribution in [0.15, 0.2) is 24.5 Å². The molecule has 0 aromatic carbocycles. The molecule has 0 spiro atoms. The van der Waals surface area contributed by atoms with E-state index in [0.29, 0.717) is 6.54 Å². The van der Waals surface area contributed by atoms with Gasteiger partial charge in [0.1, 0.15) is 0 Å². The summed E-state index contributed by atoms with van der Waals surface area (Å²) in [7, 11) is 0. The molecule has 0 bridgehead atoms. The maximum Gasteiger partial charge on any atom is 0.0709 e. The van der Waals surface area contributed by atoms with Crippen molar-refractivity contribution in [3.63, 3.8) is 0 Å². The minimum Gasteiger partial charge on any atom is -0.326 e. The zero-order valence-corrected chi connectivity index (χ0v) is 6.99. The zero-order chi connectivity index (χ0) is 8.55. The van der Waals surface area contributed by atoms with Crippen molar-refractivity contribution < 1.29 is 0 Å². The number of pyridine rings is 1. The normalized spacial score (nSPS) is 10.8. The molecular weight excluding hydrogens is 150 g/mol. The number of nitrogens with two attached hydrogens (primary N) is 1. The standard InChI is InChI=1S/C9H11N3/c1-7-2-3-12-9(4-7)8(5-10)6-11-12/h2-4,6H,5,10H2,1H3. The smallest absolute Gasteiger partial charge is 0.0709 e. The lowest BCUT2D eigenvalue weighted by atomic mass is 10.2. The maximum absolute atomic E-state index is 5.56. The molecule has 3 nitrogen and oxygen atoms in total. The minimum atomic E-state index is 0.549. The van der Waals surface area contributed by atoms with Crippen LogP contribution in [0.3, 0.4) is 0 Å². The van der Waals surface area contributed by atoms with Crippen LogP contribution in [-0.2, 0) is 6.54 Å². The highest BCUT2D eigenvalue weighted by Gasteiger charge is 2.00. The van der Waals surface area contributed by atoms with Gasteiger partial charge in [0.2, 0.25) is 0 Å².